The van der Waals surface area contributed by atoms with Gasteiger partial charge in [-0.1, -0.05) is 93.0 Å². The molecule has 7 rings (SSSR count). The Morgan fingerprint density at radius 1 is 0.679 bits per heavy atom. The summed E-state index contributed by atoms with van der Waals surface area (Å²) in [6.45, 7) is 25.7. The Balaban J connectivity index is 0.00000532. The number of rotatable bonds is 12. The molecule has 292 valence electrons. The summed E-state index contributed by atoms with van der Waals surface area (Å²) < 4.78 is 10.6. The van der Waals surface area contributed by atoms with Gasteiger partial charge in [0.1, 0.15) is 5.82 Å². The molecule has 0 unspecified atom stereocenters. The van der Waals surface area contributed by atoms with Crippen molar-refractivity contribution in [3.05, 3.63) is 131 Å². The van der Waals surface area contributed by atoms with Crippen LogP contribution in [0.2, 0.25) is 0 Å². The quantitative estimate of drug-likeness (QED) is 0.115. The molecule has 0 bridgehead atoms. The Hall–Kier alpha value is -4.47. The van der Waals surface area contributed by atoms with Gasteiger partial charge in [-0.15, -0.1) is 35.7 Å². The zero-order valence-corrected chi connectivity index (χ0v) is 37.2. The van der Waals surface area contributed by atoms with Crippen molar-refractivity contribution in [2.75, 3.05) is 0 Å². The molecule has 0 spiro atoms. The average Bonchev–Trinajstić information content (AvgIpc) is 3.74. The van der Waals surface area contributed by atoms with Crippen LogP contribution in [-0.2, 0) is 33.9 Å². The Morgan fingerprint density at radius 2 is 1.32 bits per heavy atom. The minimum Gasteiger partial charge on any atom is -0.509 e. The normalized spacial score (nSPS) is 11.9. The number of ether oxygens (including phenoxy) is 1. The van der Waals surface area contributed by atoms with Gasteiger partial charge >= 0.3 is 21.1 Å². The zero-order valence-electron chi connectivity index (χ0n) is 34.9. The Morgan fingerprint density at radius 3 is 1.95 bits per heavy atom. The fourth-order valence-corrected chi connectivity index (χ4v) is 8.60. The molecule has 0 saturated carbocycles. The van der Waals surface area contributed by atoms with Crippen molar-refractivity contribution in [1.29, 1.82) is 0 Å². The SMILES string of the molecule is Cc1ccnc(-n2c3[c-]c(Oc4[c-]c(-n5cc(-c6c(CC(C)C)c(C(C)C)c(C(C)C)c(C(C)C)c6CC(C)C)cn5)ccc4)ccc3c3ccccc32)c1.[Pt+2]. The first-order chi connectivity index (χ1) is 26.3. The summed E-state index contributed by atoms with van der Waals surface area (Å²) in [5.41, 5.74) is 14.2. The molecular formula is C50H56N4OPt. The molecule has 0 atom stereocenters. The number of para-hydroxylation sites is 1. The van der Waals surface area contributed by atoms with E-state index in [0.29, 0.717) is 41.1 Å². The smallest absolute Gasteiger partial charge is 0.509 e. The van der Waals surface area contributed by atoms with Gasteiger partial charge in [-0.25, -0.2) is 4.98 Å². The maximum Gasteiger partial charge on any atom is 2.00 e. The number of pyridine rings is 1. The van der Waals surface area contributed by atoms with Crippen LogP contribution in [0.3, 0.4) is 0 Å². The third-order valence-electron chi connectivity index (χ3n) is 10.6. The summed E-state index contributed by atoms with van der Waals surface area (Å²) in [7, 11) is 0. The van der Waals surface area contributed by atoms with Gasteiger partial charge in [0.05, 0.1) is 6.20 Å². The van der Waals surface area contributed by atoms with Crippen molar-refractivity contribution in [1.82, 2.24) is 19.3 Å². The van der Waals surface area contributed by atoms with Gasteiger partial charge in [0, 0.05) is 35.0 Å². The molecule has 56 heavy (non-hydrogen) atoms. The van der Waals surface area contributed by atoms with Crippen molar-refractivity contribution in [3.63, 3.8) is 0 Å². The van der Waals surface area contributed by atoms with Gasteiger partial charge in [0.15, 0.2) is 0 Å². The van der Waals surface area contributed by atoms with Gasteiger partial charge in [-0.05, 0) is 118 Å². The minimum atomic E-state index is 0. The molecule has 3 aromatic heterocycles. The van der Waals surface area contributed by atoms with E-state index in [1.165, 1.54) is 33.4 Å². The van der Waals surface area contributed by atoms with Crippen LogP contribution >= 0.6 is 0 Å². The van der Waals surface area contributed by atoms with Crippen molar-refractivity contribution < 1.29 is 25.8 Å². The fraction of sp³-hybridized carbons (Fsp3) is 0.360. The molecule has 4 aromatic carbocycles. The number of fused-ring (bicyclic) bond motifs is 3. The van der Waals surface area contributed by atoms with Crippen LogP contribution in [0.1, 0.15) is 120 Å². The molecule has 0 amide bonds. The number of benzene rings is 4. The first kappa shape index (κ1) is 41.2. The average molecular weight is 924 g/mol. The van der Waals surface area contributed by atoms with E-state index in [2.05, 4.69) is 142 Å². The number of aryl methyl sites for hydroxylation is 1. The molecule has 7 aromatic rings. The molecule has 0 aliphatic carbocycles. The molecule has 0 aliphatic rings. The summed E-state index contributed by atoms with van der Waals surface area (Å²) in [6, 6.07) is 29.7. The van der Waals surface area contributed by atoms with E-state index in [0.717, 1.165) is 51.7 Å². The van der Waals surface area contributed by atoms with Gasteiger partial charge in [-0.3, -0.25) is 4.68 Å². The molecule has 0 saturated heterocycles. The van der Waals surface area contributed by atoms with E-state index >= 15 is 0 Å². The summed E-state index contributed by atoms with van der Waals surface area (Å²) in [5, 5.41) is 7.24. The fourth-order valence-electron chi connectivity index (χ4n) is 8.60. The molecule has 0 radical (unpaired) electrons. The van der Waals surface area contributed by atoms with Gasteiger partial charge < -0.3 is 9.30 Å². The zero-order chi connectivity index (χ0) is 39.1. The molecule has 6 heteroatoms. The first-order valence-corrected chi connectivity index (χ1v) is 20.2. The van der Waals surface area contributed by atoms with Crippen LogP contribution in [0.5, 0.6) is 11.5 Å². The van der Waals surface area contributed by atoms with Gasteiger partial charge in [0.25, 0.3) is 0 Å². The maximum atomic E-state index is 6.51. The Bertz CT molecular complexity index is 2440. The molecule has 5 nitrogen and oxygen atoms in total. The summed E-state index contributed by atoms with van der Waals surface area (Å²) >= 11 is 0. The van der Waals surface area contributed by atoms with E-state index in [9.17, 15) is 0 Å². The van der Waals surface area contributed by atoms with Crippen molar-refractivity contribution in [2.24, 2.45) is 11.8 Å². The molecule has 0 fully saturated rings. The topological polar surface area (TPSA) is 44.9 Å². The summed E-state index contributed by atoms with van der Waals surface area (Å²) in [5.74, 6) is 4.40. The van der Waals surface area contributed by atoms with Crippen LogP contribution in [0.15, 0.2) is 85.3 Å². The molecule has 0 aliphatic heterocycles. The maximum absolute atomic E-state index is 6.51. The first-order valence-electron chi connectivity index (χ1n) is 20.2. The van der Waals surface area contributed by atoms with Crippen LogP contribution in [0.25, 0.3) is 44.4 Å². The second-order valence-corrected chi connectivity index (χ2v) is 17.0. The second kappa shape index (κ2) is 16.9. The van der Waals surface area contributed by atoms with E-state index < -0.39 is 0 Å². The predicted molar refractivity (Wildman–Crippen MR) is 229 cm³/mol. The molecule has 3 heterocycles. The summed E-state index contributed by atoms with van der Waals surface area (Å²) in [4.78, 5) is 4.73. The van der Waals surface area contributed by atoms with Crippen molar-refractivity contribution in [3.8, 4) is 34.1 Å². The van der Waals surface area contributed by atoms with Crippen LogP contribution in [-0.4, -0.2) is 19.3 Å². The van der Waals surface area contributed by atoms with E-state index in [4.69, 9.17) is 14.8 Å². The van der Waals surface area contributed by atoms with Gasteiger partial charge in [-0.2, -0.15) is 17.2 Å². The minimum absolute atomic E-state index is 0. The molecular weight excluding hydrogens is 868 g/mol. The van der Waals surface area contributed by atoms with Crippen molar-refractivity contribution >= 4 is 21.8 Å². The third-order valence-corrected chi connectivity index (χ3v) is 10.6. The predicted octanol–water partition coefficient (Wildman–Crippen LogP) is 13.5. The van der Waals surface area contributed by atoms with E-state index in [1.54, 1.807) is 5.56 Å². The number of hydrogen-bond donors (Lipinski definition) is 0. The monoisotopic (exact) mass is 923 g/mol. The summed E-state index contributed by atoms with van der Waals surface area (Å²) in [6.07, 6.45) is 8.19. The Kier molecular flexibility index (Phi) is 12.5. The number of nitrogens with zero attached hydrogens (tertiary/aromatic N) is 4. The number of hydrogen-bond acceptors (Lipinski definition) is 3. The standard InChI is InChI=1S/C50H56N4O.Pt/c1-30(2)23-42-47(32(5)6)49(34(9)10)48(33(7)8)43(24-31(3)4)50(42)36-28-52-53(29-36)37-15-14-16-38(26-37)55-39-19-20-41-40-17-12-13-18-44(40)54(45(41)27-39)46-25-35(11)21-22-51-46;/h12-22,25,28-34H,23-24H2,1-11H3;/q-2;+2. The van der Waals surface area contributed by atoms with Crippen LogP contribution in [0.4, 0.5) is 0 Å². The van der Waals surface area contributed by atoms with E-state index in [1.807, 2.05) is 41.2 Å². The van der Waals surface area contributed by atoms with Crippen LogP contribution in [0, 0.1) is 30.9 Å². The third kappa shape index (κ3) is 8.03. The van der Waals surface area contributed by atoms with Crippen LogP contribution < -0.4 is 4.74 Å². The largest absolute Gasteiger partial charge is 2.00 e. The van der Waals surface area contributed by atoms with Gasteiger partial charge in [0.2, 0.25) is 0 Å². The molecule has 0 N–H and O–H groups in total. The Labute approximate surface area is 348 Å². The second-order valence-electron chi connectivity index (χ2n) is 17.0. The van der Waals surface area contributed by atoms with Crippen molar-refractivity contribution in [2.45, 2.75) is 107 Å². The van der Waals surface area contributed by atoms with E-state index in [-0.39, 0.29) is 21.1 Å². The number of aromatic nitrogens is 4.